The minimum atomic E-state index is -1.39. The summed E-state index contributed by atoms with van der Waals surface area (Å²) in [5, 5.41) is 2.24. The number of ether oxygens (including phenoxy) is 3. The Morgan fingerprint density at radius 1 is 1.22 bits per heavy atom. The van der Waals surface area contributed by atoms with Gasteiger partial charge in [0.1, 0.15) is 11.5 Å². The van der Waals surface area contributed by atoms with E-state index in [1.54, 1.807) is 6.92 Å². The Hall–Kier alpha value is -2.64. The van der Waals surface area contributed by atoms with E-state index in [1.165, 1.54) is 13.8 Å². The third-order valence-electron chi connectivity index (χ3n) is 2.83. The summed E-state index contributed by atoms with van der Waals surface area (Å²) in [4.78, 5) is 23.5. The van der Waals surface area contributed by atoms with Gasteiger partial charge in [-0.05, 0) is 19.1 Å². The third-order valence-corrected chi connectivity index (χ3v) is 2.83. The smallest absolute Gasteiger partial charge is 0.350 e. The number of carbonyl (C=O) groups excluding carboxylic acids is 2. The van der Waals surface area contributed by atoms with Crippen LogP contribution in [0.2, 0.25) is 0 Å². The average Bonchev–Trinajstić information content (AvgIpc) is 2.43. The second-order valence-electron chi connectivity index (χ2n) is 5.05. The van der Waals surface area contributed by atoms with Crippen molar-refractivity contribution in [2.45, 2.75) is 26.6 Å². The summed E-state index contributed by atoms with van der Waals surface area (Å²) in [5.41, 5.74) is -1.07. The van der Waals surface area contributed by atoms with Gasteiger partial charge in [0.25, 0.3) is 5.79 Å². The van der Waals surface area contributed by atoms with E-state index in [0.29, 0.717) is 0 Å². The SMILES string of the molecule is CCOc1ccc(F)c(NC=C2C(=O)OC(C)(C)OC2=O)c1F. The Labute approximate surface area is 131 Å². The summed E-state index contributed by atoms with van der Waals surface area (Å²) < 4.78 is 42.6. The molecule has 8 heteroatoms. The van der Waals surface area contributed by atoms with Crippen molar-refractivity contribution in [1.82, 2.24) is 0 Å². The van der Waals surface area contributed by atoms with Crippen molar-refractivity contribution < 1.29 is 32.6 Å². The van der Waals surface area contributed by atoms with Crippen LogP contribution in [0.1, 0.15) is 20.8 Å². The number of cyclic esters (lactones) is 2. The van der Waals surface area contributed by atoms with E-state index in [0.717, 1.165) is 18.3 Å². The van der Waals surface area contributed by atoms with Gasteiger partial charge in [0.2, 0.25) is 0 Å². The predicted octanol–water partition coefficient (Wildman–Crippen LogP) is 2.50. The maximum atomic E-state index is 14.1. The Bertz CT molecular complexity index is 663. The number of anilines is 1. The molecule has 1 saturated heterocycles. The van der Waals surface area contributed by atoms with Crippen LogP contribution in [-0.2, 0) is 19.1 Å². The average molecular weight is 327 g/mol. The van der Waals surface area contributed by atoms with Crippen LogP contribution in [0.5, 0.6) is 5.75 Å². The minimum Gasteiger partial charge on any atom is -0.491 e. The zero-order chi connectivity index (χ0) is 17.2. The molecular formula is C15H15F2NO5. The lowest BCUT2D eigenvalue weighted by Crippen LogP contribution is -2.42. The Morgan fingerprint density at radius 2 is 1.83 bits per heavy atom. The molecule has 6 nitrogen and oxygen atoms in total. The van der Waals surface area contributed by atoms with Crippen molar-refractivity contribution in [3.8, 4) is 5.75 Å². The van der Waals surface area contributed by atoms with E-state index in [4.69, 9.17) is 14.2 Å². The fraction of sp³-hybridized carbons (Fsp3) is 0.333. The molecule has 0 atom stereocenters. The van der Waals surface area contributed by atoms with Gasteiger partial charge in [0.15, 0.2) is 17.1 Å². The molecule has 0 bridgehead atoms. The van der Waals surface area contributed by atoms with E-state index >= 15 is 0 Å². The number of hydrogen-bond donors (Lipinski definition) is 1. The highest BCUT2D eigenvalue weighted by Crippen LogP contribution is 2.28. The van der Waals surface area contributed by atoms with Crippen LogP contribution in [0.3, 0.4) is 0 Å². The summed E-state index contributed by atoms with van der Waals surface area (Å²) in [6.07, 6.45) is 0.830. The molecule has 23 heavy (non-hydrogen) atoms. The summed E-state index contributed by atoms with van der Waals surface area (Å²) >= 11 is 0. The largest absolute Gasteiger partial charge is 0.491 e. The standard InChI is InChI=1S/C15H15F2NO5/c1-4-21-10-6-5-9(16)12(11(10)17)18-7-8-13(19)22-15(2,3)23-14(8)20/h5-7,18H,4H2,1-3H3. The predicted molar refractivity (Wildman–Crippen MR) is 75.5 cm³/mol. The molecule has 0 radical (unpaired) electrons. The quantitative estimate of drug-likeness (QED) is 0.520. The number of rotatable bonds is 4. The van der Waals surface area contributed by atoms with Crippen molar-refractivity contribution >= 4 is 17.6 Å². The lowest BCUT2D eigenvalue weighted by Gasteiger charge is -2.29. The van der Waals surface area contributed by atoms with Crippen LogP contribution in [0.4, 0.5) is 14.5 Å². The molecule has 1 aromatic carbocycles. The van der Waals surface area contributed by atoms with E-state index in [1.807, 2.05) is 0 Å². The molecule has 0 amide bonds. The van der Waals surface area contributed by atoms with Gasteiger partial charge in [-0.2, -0.15) is 0 Å². The van der Waals surface area contributed by atoms with E-state index < -0.39 is 40.6 Å². The van der Waals surface area contributed by atoms with E-state index in [-0.39, 0.29) is 12.4 Å². The van der Waals surface area contributed by atoms with Gasteiger partial charge in [-0.15, -0.1) is 0 Å². The van der Waals surface area contributed by atoms with Gasteiger partial charge < -0.3 is 19.5 Å². The molecule has 1 N–H and O–H groups in total. The lowest BCUT2D eigenvalue weighted by atomic mass is 10.2. The highest BCUT2D eigenvalue weighted by molar-refractivity contribution is 6.15. The molecule has 1 aromatic rings. The first kappa shape index (κ1) is 16.7. The molecule has 1 heterocycles. The fourth-order valence-electron chi connectivity index (χ4n) is 1.86. The monoisotopic (exact) mass is 327 g/mol. The second-order valence-corrected chi connectivity index (χ2v) is 5.05. The fourth-order valence-corrected chi connectivity index (χ4v) is 1.86. The molecule has 0 unspecified atom stereocenters. The molecular weight excluding hydrogens is 312 g/mol. The topological polar surface area (TPSA) is 73.9 Å². The number of benzene rings is 1. The van der Waals surface area contributed by atoms with Gasteiger partial charge >= 0.3 is 11.9 Å². The first-order valence-corrected chi connectivity index (χ1v) is 6.79. The molecule has 1 aliphatic heterocycles. The van der Waals surface area contributed by atoms with E-state index in [9.17, 15) is 18.4 Å². The molecule has 2 rings (SSSR count). The van der Waals surface area contributed by atoms with E-state index in [2.05, 4.69) is 5.32 Å². The number of esters is 2. The first-order valence-electron chi connectivity index (χ1n) is 6.79. The molecule has 0 saturated carbocycles. The summed E-state index contributed by atoms with van der Waals surface area (Å²) in [6.45, 7) is 4.61. The van der Waals surface area contributed by atoms with Crippen LogP contribution in [-0.4, -0.2) is 24.3 Å². The normalized spacial score (nSPS) is 16.5. The van der Waals surface area contributed by atoms with Gasteiger partial charge in [-0.1, -0.05) is 0 Å². The molecule has 1 aliphatic rings. The number of carbonyl (C=O) groups is 2. The van der Waals surface area contributed by atoms with Crippen molar-refractivity contribution in [1.29, 1.82) is 0 Å². The summed E-state index contributed by atoms with van der Waals surface area (Å²) in [6, 6.07) is 2.13. The van der Waals surface area contributed by atoms with Crippen molar-refractivity contribution in [3.63, 3.8) is 0 Å². The van der Waals surface area contributed by atoms with Crippen molar-refractivity contribution in [2.24, 2.45) is 0 Å². The summed E-state index contributed by atoms with van der Waals surface area (Å²) in [7, 11) is 0. The van der Waals surface area contributed by atoms with Gasteiger partial charge in [-0.3, -0.25) is 0 Å². The number of nitrogens with one attached hydrogen (secondary N) is 1. The second kappa shape index (κ2) is 6.23. The third kappa shape index (κ3) is 3.58. The molecule has 0 spiro atoms. The Kier molecular flexibility index (Phi) is 4.53. The maximum Gasteiger partial charge on any atom is 0.350 e. The first-order chi connectivity index (χ1) is 10.7. The minimum absolute atomic E-state index is 0.162. The van der Waals surface area contributed by atoms with Crippen molar-refractivity contribution in [2.75, 3.05) is 11.9 Å². The van der Waals surface area contributed by atoms with Crippen LogP contribution >= 0.6 is 0 Å². The highest BCUT2D eigenvalue weighted by atomic mass is 19.1. The van der Waals surface area contributed by atoms with Gasteiger partial charge in [0.05, 0.1) is 6.61 Å². The van der Waals surface area contributed by atoms with Crippen LogP contribution in [0.15, 0.2) is 23.9 Å². The molecule has 124 valence electrons. The van der Waals surface area contributed by atoms with Crippen LogP contribution < -0.4 is 10.1 Å². The maximum absolute atomic E-state index is 14.1. The van der Waals surface area contributed by atoms with Crippen LogP contribution in [0, 0.1) is 11.6 Å². The van der Waals surface area contributed by atoms with Crippen molar-refractivity contribution in [3.05, 3.63) is 35.5 Å². The lowest BCUT2D eigenvalue weighted by molar-refractivity contribution is -0.222. The van der Waals surface area contributed by atoms with Crippen LogP contribution in [0.25, 0.3) is 0 Å². The highest BCUT2D eigenvalue weighted by Gasteiger charge is 2.39. The molecule has 1 fully saturated rings. The Morgan fingerprint density at radius 3 is 2.39 bits per heavy atom. The number of hydrogen-bond acceptors (Lipinski definition) is 6. The molecule has 0 aliphatic carbocycles. The Balaban J connectivity index is 2.28. The zero-order valence-electron chi connectivity index (χ0n) is 12.7. The number of halogens is 2. The van der Waals surface area contributed by atoms with Gasteiger partial charge in [-0.25, -0.2) is 18.4 Å². The molecule has 0 aromatic heterocycles. The zero-order valence-corrected chi connectivity index (χ0v) is 12.7. The van der Waals surface area contributed by atoms with Gasteiger partial charge in [0, 0.05) is 20.0 Å². The summed E-state index contributed by atoms with van der Waals surface area (Å²) in [5.74, 6) is -5.37.